The summed E-state index contributed by atoms with van der Waals surface area (Å²) in [6.07, 6.45) is 2.43. The molecule has 12 nitrogen and oxygen atoms in total. The maximum Gasteiger partial charge on any atom is 0.245 e. The molecule has 3 saturated heterocycles. The molecule has 0 saturated carbocycles. The van der Waals surface area contributed by atoms with E-state index in [4.69, 9.17) is 0 Å². The molecule has 1 aromatic rings. The van der Waals surface area contributed by atoms with Crippen LogP contribution in [0.25, 0.3) is 0 Å². The number of benzene rings is 1. The third kappa shape index (κ3) is 8.15. The smallest absolute Gasteiger partial charge is 0.245 e. The number of nitrogens with one attached hydrogen (secondary N) is 3. The molecule has 6 amide bonds. The lowest BCUT2D eigenvalue weighted by atomic mass is 9.94. The van der Waals surface area contributed by atoms with E-state index in [0.717, 1.165) is 5.56 Å². The van der Waals surface area contributed by atoms with Crippen LogP contribution in [0.5, 0.6) is 0 Å². The van der Waals surface area contributed by atoms with Crippen LogP contribution in [0.15, 0.2) is 30.3 Å². The van der Waals surface area contributed by atoms with E-state index in [1.807, 2.05) is 44.2 Å². The number of piperidine rings is 1. The second-order valence-electron chi connectivity index (χ2n) is 12.6. The Labute approximate surface area is 259 Å². The van der Waals surface area contributed by atoms with E-state index in [9.17, 15) is 28.8 Å². The van der Waals surface area contributed by atoms with Gasteiger partial charge in [0.25, 0.3) is 0 Å². The van der Waals surface area contributed by atoms with Crippen molar-refractivity contribution in [3.63, 3.8) is 0 Å². The molecule has 0 aromatic heterocycles. The maximum atomic E-state index is 14.0. The number of carbonyl (C=O) groups excluding carboxylic acids is 6. The molecule has 0 aliphatic carbocycles. The highest BCUT2D eigenvalue weighted by Crippen LogP contribution is 2.22. The lowest BCUT2D eigenvalue weighted by Gasteiger charge is -2.35. The molecule has 0 unspecified atom stereocenters. The first-order valence-electron chi connectivity index (χ1n) is 15.7. The number of fused-ring (bicyclic) bond motifs is 1. The van der Waals surface area contributed by atoms with Gasteiger partial charge in [-0.1, -0.05) is 44.2 Å². The fourth-order valence-electron chi connectivity index (χ4n) is 6.41. The Hall–Kier alpha value is -3.96. The second-order valence-corrected chi connectivity index (χ2v) is 12.6. The minimum absolute atomic E-state index is 0.0409. The van der Waals surface area contributed by atoms with E-state index in [0.29, 0.717) is 51.7 Å². The molecule has 3 aliphatic heterocycles. The van der Waals surface area contributed by atoms with E-state index in [1.165, 1.54) is 16.7 Å². The molecular weight excluding hydrogens is 564 g/mol. The van der Waals surface area contributed by atoms with Crippen LogP contribution < -0.4 is 16.0 Å². The second kappa shape index (κ2) is 14.7. The molecule has 3 N–H and O–H groups in total. The lowest BCUT2D eigenvalue weighted by Crippen LogP contribution is -2.58. The minimum Gasteiger partial charge on any atom is -0.349 e. The summed E-state index contributed by atoms with van der Waals surface area (Å²) in [5.41, 5.74) is 0.938. The fourth-order valence-corrected chi connectivity index (χ4v) is 6.41. The summed E-state index contributed by atoms with van der Waals surface area (Å²) in [6, 6.07) is 6.48. The van der Waals surface area contributed by atoms with Gasteiger partial charge in [0.15, 0.2) is 0 Å². The summed E-state index contributed by atoms with van der Waals surface area (Å²) in [5, 5.41) is 8.71. The van der Waals surface area contributed by atoms with Gasteiger partial charge in [0.05, 0.1) is 12.6 Å². The Kier molecular flexibility index (Phi) is 11.0. The van der Waals surface area contributed by atoms with Gasteiger partial charge in [-0.15, -0.1) is 0 Å². The zero-order valence-corrected chi connectivity index (χ0v) is 26.2. The van der Waals surface area contributed by atoms with Crippen LogP contribution in [-0.4, -0.2) is 107 Å². The topological polar surface area (TPSA) is 148 Å². The molecule has 0 bridgehead atoms. The zero-order valence-electron chi connectivity index (χ0n) is 26.2. The van der Waals surface area contributed by atoms with Crippen LogP contribution >= 0.6 is 0 Å². The standard InChI is InChI=1S/C32H46N6O6/c1-20(2)28-30(42)34-25(17-23-9-6-5-7-10-23)18-37(32(44)24-12-15-36(16-13-24)22(4)39)19-27(40)33-21(3)31(43)38-14-8-11-26(38)29(41)35-28/h5-7,9-10,20-21,24-26,28H,8,11-19H2,1-4H3,(H,33,40)(H,34,42)(H,35,41)/t21-,25-,26+,28-/m0/s1. The molecule has 3 fully saturated rings. The van der Waals surface area contributed by atoms with Gasteiger partial charge in [-0.25, -0.2) is 0 Å². The minimum atomic E-state index is -0.905. The Bertz CT molecular complexity index is 1230. The maximum absolute atomic E-state index is 14.0. The Morgan fingerprint density at radius 1 is 0.886 bits per heavy atom. The summed E-state index contributed by atoms with van der Waals surface area (Å²) < 4.78 is 0. The van der Waals surface area contributed by atoms with Gasteiger partial charge in [0.1, 0.15) is 18.1 Å². The van der Waals surface area contributed by atoms with Crippen LogP contribution in [0.1, 0.15) is 58.9 Å². The molecule has 0 radical (unpaired) electrons. The highest BCUT2D eigenvalue weighted by molar-refractivity contribution is 5.95. The number of likely N-dealkylation sites (tertiary alicyclic amines) is 1. The summed E-state index contributed by atoms with van der Waals surface area (Å²) in [6.45, 7) is 7.81. The first kappa shape index (κ1) is 32.9. The fraction of sp³-hybridized carbons (Fsp3) is 0.625. The Balaban J connectivity index is 1.66. The molecule has 4 atom stereocenters. The first-order valence-corrected chi connectivity index (χ1v) is 15.7. The molecule has 1 aromatic carbocycles. The number of nitrogens with zero attached hydrogens (tertiary/aromatic N) is 3. The van der Waals surface area contributed by atoms with Crippen molar-refractivity contribution in [1.29, 1.82) is 0 Å². The van der Waals surface area contributed by atoms with Crippen LogP contribution in [0.4, 0.5) is 0 Å². The SMILES string of the molecule is CC(=O)N1CCC(C(=O)N2CC(=O)N[C@@H](C)C(=O)N3CCC[C@@H]3C(=O)N[C@@H](C(C)C)C(=O)N[C@@H](Cc3ccccc3)C2)CC1. The summed E-state index contributed by atoms with van der Waals surface area (Å²) >= 11 is 0. The number of amides is 6. The highest BCUT2D eigenvalue weighted by atomic mass is 16.2. The van der Waals surface area contributed by atoms with Gasteiger partial charge in [0.2, 0.25) is 35.4 Å². The largest absolute Gasteiger partial charge is 0.349 e. The van der Waals surface area contributed by atoms with E-state index in [-0.39, 0.29) is 48.6 Å². The Morgan fingerprint density at radius 2 is 1.57 bits per heavy atom. The van der Waals surface area contributed by atoms with Crippen molar-refractivity contribution in [3.05, 3.63) is 35.9 Å². The lowest BCUT2D eigenvalue weighted by molar-refractivity contribution is -0.144. The van der Waals surface area contributed by atoms with Crippen molar-refractivity contribution in [3.8, 4) is 0 Å². The molecule has 4 rings (SSSR count). The molecule has 0 spiro atoms. The van der Waals surface area contributed by atoms with Crippen molar-refractivity contribution >= 4 is 35.4 Å². The summed E-state index contributed by atoms with van der Waals surface area (Å²) in [4.78, 5) is 84.4. The normalized spacial score (nSPS) is 26.3. The van der Waals surface area contributed by atoms with Crippen molar-refractivity contribution in [2.75, 3.05) is 32.7 Å². The predicted octanol–water partition coefficient (Wildman–Crippen LogP) is 0.451. The van der Waals surface area contributed by atoms with E-state index < -0.39 is 36.0 Å². The molecule has 12 heteroatoms. The van der Waals surface area contributed by atoms with Crippen molar-refractivity contribution in [2.45, 2.75) is 84.0 Å². The average Bonchev–Trinajstić information content (AvgIpc) is 3.48. The molecule has 3 aliphatic rings. The van der Waals surface area contributed by atoms with Crippen molar-refractivity contribution < 1.29 is 28.8 Å². The molecule has 240 valence electrons. The van der Waals surface area contributed by atoms with E-state index in [2.05, 4.69) is 16.0 Å². The van der Waals surface area contributed by atoms with Crippen molar-refractivity contribution in [1.82, 2.24) is 30.7 Å². The molecular formula is C32H46N6O6. The van der Waals surface area contributed by atoms with Gasteiger partial charge < -0.3 is 30.7 Å². The molecule has 44 heavy (non-hydrogen) atoms. The van der Waals surface area contributed by atoms with Gasteiger partial charge in [-0.05, 0) is 50.5 Å². The molecule has 3 heterocycles. The number of rotatable bonds is 4. The quantitative estimate of drug-likeness (QED) is 0.451. The van der Waals surface area contributed by atoms with E-state index >= 15 is 0 Å². The highest BCUT2D eigenvalue weighted by Gasteiger charge is 2.39. The van der Waals surface area contributed by atoms with Crippen molar-refractivity contribution in [2.24, 2.45) is 11.8 Å². The summed E-state index contributed by atoms with van der Waals surface area (Å²) in [5.74, 6) is -2.57. The van der Waals surface area contributed by atoms with Gasteiger partial charge in [-0.2, -0.15) is 0 Å². The van der Waals surface area contributed by atoms with Crippen LogP contribution in [0, 0.1) is 11.8 Å². The Morgan fingerprint density at radius 3 is 2.20 bits per heavy atom. The monoisotopic (exact) mass is 610 g/mol. The summed E-state index contributed by atoms with van der Waals surface area (Å²) in [7, 11) is 0. The average molecular weight is 611 g/mol. The third-order valence-electron chi connectivity index (χ3n) is 8.88. The van der Waals surface area contributed by atoms with Crippen LogP contribution in [0.3, 0.4) is 0 Å². The third-order valence-corrected chi connectivity index (χ3v) is 8.88. The van der Waals surface area contributed by atoms with Gasteiger partial charge in [-0.3, -0.25) is 28.8 Å². The van der Waals surface area contributed by atoms with Crippen LogP contribution in [-0.2, 0) is 35.2 Å². The predicted molar refractivity (Wildman–Crippen MR) is 163 cm³/mol. The van der Waals surface area contributed by atoms with Gasteiger partial charge >= 0.3 is 0 Å². The van der Waals surface area contributed by atoms with E-state index in [1.54, 1.807) is 11.8 Å². The zero-order chi connectivity index (χ0) is 32.0. The van der Waals surface area contributed by atoms with Crippen LogP contribution in [0.2, 0.25) is 0 Å². The number of hydrogen-bond acceptors (Lipinski definition) is 6. The number of hydrogen-bond donors (Lipinski definition) is 3. The first-order chi connectivity index (χ1) is 20.9. The number of carbonyl (C=O) groups is 6. The van der Waals surface area contributed by atoms with Gasteiger partial charge in [0, 0.05) is 39.0 Å².